The molecule has 0 aliphatic rings. The molecule has 2 aromatic rings. The Kier molecular flexibility index (Phi) is 3.30. The molecular formula is C14H17N3O. The minimum Gasteiger partial charge on any atom is -0.346 e. The third kappa shape index (κ3) is 2.49. The molecule has 4 heteroatoms. The van der Waals surface area contributed by atoms with E-state index in [0.29, 0.717) is 12.1 Å². The second-order valence-electron chi connectivity index (χ2n) is 4.92. The first-order chi connectivity index (χ1) is 8.53. The number of benzene rings is 1. The van der Waals surface area contributed by atoms with E-state index in [1.165, 1.54) is 0 Å². The second kappa shape index (κ2) is 4.74. The Morgan fingerprint density at radius 3 is 2.78 bits per heavy atom. The fraction of sp³-hybridized carbons (Fsp3) is 0.286. The Morgan fingerprint density at radius 1 is 1.33 bits per heavy atom. The van der Waals surface area contributed by atoms with Gasteiger partial charge in [-0.1, -0.05) is 18.2 Å². The molecule has 0 aliphatic heterocycles. The summed E-state index contributed by atoms with van der Waals surface area (Å²) in [5.41, 5.74) is 6.65. The van der Waals surface area contributed by atoms with E-state index in [4.69, 9.17) is 5.73 Å². The molecule has 0 spiro atoms. The number of fused-ring (bicyclic) bond motifs is 1. The highest BCUT2D eigenvalue weighted by molar-refractivity contribution is 6.06. The number of carbonyl (C=O) groups is 1. The lowest BCUT2D eigenvalue weighted by Gasteiger charge is -2.24. The first-order valence-corrected chi connectivity index (χ1v) is 5.90. The van der Waals surface area contributed by atoms with E-state index in [9.17, 15) is 4.79 Å². The van der Waals surface area contributed by atoms with Crippen molar-refractivity contribution >= 4 is 16.8 Å². The van der Waals surface area contributed by atoms with E-state index in [0.717, 1.165) is 10.9 Å². The van der Waals surface area contributed by atoms with Crippen molar-refractivity contribution in [2.45, 2.75) is 19.4 Å². The van der Waals surface area contributed by atoms with Gasteiger partial charge in [-0.3, -0.25) is 9.78 Å². The Balaban J connectivity index is 2.39. The summed E-state index contributed by atoms with van der Waals surface area (Å²) in [6, 6.07) is 9.31. The number of nitrogens with two attached hydrogens (primary N) is 1. The fourth-order valence-electron chi connectivity index (χ4n) is 1.72. The molecule has 0 saturated carbocycles. The van der Waals surface area contributed by atoms with Crippen molar-refractivity contribution in [3.05, 3.63) is 42.1 Å². The van der Waals surface area contributed by atoms with Gasteiger partial charge in [0.1, 0.15) is 0 Å². The average molecular weight is 243 g/mol. The first-order valence-electron chi connectivity index (χ1n) is 5.90. The highest BCUT2D eigenvalue weighted by atomic mass is 16.1. The van der Waals surface area contributed by atoms with Crippen molar-refractivity contribution in [2.24, 2.45) is 5.73 Å². The van der Waals surface area contributed by atoms with Crippen LogP contribution in [-0.2, 0) is 0 Å². The van der Waals surface area contributed by atoms with E-state index in [1.54, 1.807) is 12.3 Å². The Labute approximate surface area is 106 Å². The minimum absolute atomic E-state index is 0.121. The van der Waals surface area contributed by atoms with Crippen molar-refractivity contribution in [2.75, 3.05) is 6.54 Å². The van der Waals surface area contributed by atoms with Crippen LogP contribution in [0.25, 0.3) is 10.9 Å². The van der Waals surface area contributed by atoms with Crippen LogP contribution >= 0.6 is 0 Å². The number of pyridine rings is 1. The zero-order valence-corrected chi connectivity index (χ0v) is 10.6. The van der Waals surface area contributed by atoms with Crippen LogP contribution in [0.15, 0.2) is 36.5 Å². The van der Waals surface area contributed by atoms with Crippen molar-refractivity contribution in [3.63, 3.8) is 0 Å². The molecule has 0 aliphatic carbocycles. The molecule has 0 radical (unpaired) electrons. The summed E-state index contributed by atoms with van der Waals surface area (Å²) >= 11 is 0. The zero-order valence-electron chi connectivity index (χ0n) is 10.6. The summed E-state index contributed by atoms with van der Waals surface area (Å²) in [5.74, 6) is -0.121. The summed E-state index contributed by atoms with van der Waals surface area (Å²) < 4.78 is 0. The summed E-state index contributed by atoms with van der Waals surface area (Å²) in [4.78, 5) is 16.5. The molecule has 0 bridgehead atoms. The number of hydrogen-bond donors (Lipinski definition) is 2. The standard InChI is InChI=1S/C14H17N3O/c1-14(2,9-15)17-13(18)11-7-8-16-12-6-4-3-5-10(11)12/h3-8H,9,15H2,1-2H3,(H,17,18). The largest absolute Gasteiger partial charge is 0.346 e. The third-order valence-corrected chi connectivity index (χ3v) is 2.86. The van der Waals surface area contributed by atoms with Gasteiger partial charge in [0.2, 0.25) is 0 Å². The highest BCUT2D eigenvalue weighted by Gasteiger charge is 2.20. The zero-order chi connectivity index (χ0) is 13.2. The number of para-hydroxylation sites is 1. The normalized spacial score (nSPS) is 11.5. The molecule has 0 fully saturated rings. The monoisotopic (exact) mass is 243 g/mol. The van der Waals surface area contributed by atoms with Crippen LogP contribution in [0.3, 0.4) is 0 Å². The number of rotatable bonds is 3. The second-order valence-corrected chi connectivity index (χ2v) is 4.92. The highest BCUT2D eigenvalue weighted by Crippen LogP contribution is 2.16. The van der Waals surface area contributed by atoms with E-state index in [-0.39, 0.29) is 5.91 Å². The van der Waals surface area contributed by atoms with Gasteiger partial charge in [0.25, 0.3) is 5.91 Å². The predicted octanol–water partition coefficient (Wildman–Crippen LogP) is 1.70. The van der Waals surface area contributed by atoms with Crippen LogP contribution < -0.4 is 11.1 Å². The summed E-state index contributed by atoms with van der Waals surface area (Å²) in [6.07, 6.45) is 1.65. The molecular weight excluding hydrogens is 226 g/mol. The summed E-state index contributed by atoms with van der Waals surface area (Å²) in [5, 5.41) is 3.77. The topological polar surface area (TPSA) is 68.0 Å². The molecule has 3 N–H and O–H groups in total. The third-order valence-electron chi connectivity index (χ3n) is 2.86. The number of nitrogens with zero attached hydrogens (tertiary/aromatic N) is 1. The van der Waals surface area contributed by atoms with Gasteiger partial charge in [-0.2, -0.15) is 0 Å². The van der Waals surface area contributed by atoms with Crippen molar-refractivity contribution in [1.29, 1.82) is 0 Å². The summed E-state index contributed by atoms with van der Waals surface area (Å²) in [6.45, 7) is 4.18. The number of hydrogen-bond acceptors (Lipinski definition) is 3. The summed E-state index contributed by atoms with van der Waals surface area (Å²) in [7, 11) is 0. The minimum atomic E-state index is -0.415. The van der Waals surface area contributed by atoms with Crippen LogP contribution in [0.2, 0.25) is 0 Å². The number of amides is 1. The fourth-order valence-corrected chi connectivity index (χ4v) is 1.72. The molecule has 0 unspecified atom stereocenters. The SMILES string of the molecule is CC(C)(CN)NC(=O)c1ccnc2ccccc12. The van der Waals surface area contributed by atoms with Gasteiger partial charge in [-0.25, -0.2) is 0 Å². The number of aromatic nitrogens is 1. The average Bonchev–Trinajstić information content (AvgIpc) is 2.37. The van der Waals surface area contributed by atoms with E-state index < -0.39 is 5.54 Å². The van der Waals surface area contributed by atoms with Gasteiger partial charge >= 0.3 is 0 Å². The van der Waals surface area contributed by atoms with Gasteiger partial charge in [0.05, 0.1) is 11.1 Å². The van der Waals surface area contributed by atoms with Gasteiger partial charge in [-0.15, -0.1) is 0 Å². The van der Waals surface area contributed by atoms with Gasteiger partial charge in [0, 0.05) is 23.7 Å². The van der Waals surface area contributed by atoms with E-state index in [1.807, 2.05) is 38.1 Å². The number of nitrogens with one attached hydrogen (secondary N) is 1. The Bertz CT molecular complexity index is 573. The lowest BCUT2D eigenvalue weighted by molar-refractivity contribution is 0.0917. The lowest BCUT2D eigenvalue weighted by atomic mass is 10.0. The molecule has 2 rings (SSSR count). The maximum Gasteiger partial charge on any atom is 0.252 e. The molecule has 0 saturated heterocycles. The van der Waals surface area contributed by atoms with E-state index >= 15 is 0 Å². The Hall–Kier alpha value is -1.94. The van der Waals surface area contributed by atoms with Crippen LogP contribution in [0.4, 0.5) is 0 Å². The molecule has 18 heavy (non-hydrogen) atoms. The Morgan fingerprint density at radius 2 is 2.06 bits per heavy atom. The molecule has 1 amide bonds. The molecule has 1 aromatic carbocycles. The van der Waals surface area contributed by atoms with Crippen molar-refractivity contribution in [3.8, 4) is 0 Å². The predicted molar refractivity (Wildman–Crippen MR) is 72.3 cm³/mol. The lowest BCUT2D eigenvalue weighted by Crippen LogP contribution is -2.48. The maximum absolute atomic E-state index is 12.2. The first kappa shape index (κ1) is 12.5. The van der Waals surface area contributed by atoms with Gasteiger partial charge in [0.15, 0.2) is 0 Å². The van der Waals surface area contributed by atoms with Crippen LogP contribution in [0, 0.1) is 0 Å². The molecule has 94 valence electrons. The molecule has 1 heterocycles. The molecule has 1 aromatic heterocycles. The van der Waals surface area contributed by atoms with Crippen LogP contribution in [0.1, 0.15) is 24.2 Å². The van der Waals surface area contributed by atoms with Crippen LogP contribution in [0.5, 0.6) is 0 Å². The quantitative estimate of drug-likeness (QED) is 0.862. The van der Waals surface area contributed by atoms with Crippen LogP contribution in [-0.4, -0.2) is 23.0 Å². The molecule has 0 atom stereocenters. The smallest absolute Gasteiger partial charge is 0.252 e. The number of carbonyl (C=O) groups excluding carboxylic acids is 1. The van der Waals surface area contributed by atoms with Crippen molar-refractivity contribution in [1.82, 2.24) is 10.3 Å². The van der Waals surface area contributed by atoms with E-state index in [2.05, 4.69) is 10.3 Å². The van der Waals surface area contributed by atoms with Crippen molar-refractivity contribution < 1.29 is 4.79 Å². The van der Waals surface area contributed by atoms with Gasteiger partial charge in [-0.05, 0) is 26.0 Å². The molecule has 4 nitrogen and oxygen atoms in total. The van der Waals surface area contributed by atoms with Gasteiger partial charge < -0.3 is 11.1 Å². The maximum atomic E-state index is 12.2.